The number of hydrogen-bond donors (Lipinski definition) is 5. The largest absolute Gasteiger partial charge is 0.507 e. The number of primary amides is 1. The Balaban J connectivity index is 1.53. The number of phenolic OH excluding ortho intramolecular Hbond substituents is 1. The minimum Gasteiger partial charge on any atom is -0.507 e. The van der Waals surface area contributed by atoms with Gasteiger partial charge in [0.1, 0.15) is 5.75 Å². The zero-order valence-electron chi connectivity index (χ0n) is 21.5. The van der Waals surface area contributed by atoms with E-state index in [0.717, 1.165) is 31.5 Å². The Morgan fingerprint density at radius 1 is 1.16 bits per heavy atom. The van der Waals surface area contributed by atoms with E-state index in [1.807, 2.05) is 0 Å². The molecule has 38 heavy (non-hydrogen) atoms. The highest BCUT2D eigenvalue weighted by Crippen LogP contribution is 2.51. The highest BCUT2D eigenvalue weighted by molar-refractivity contribution is 6.32. The van der Waals surface area contributed by atoms with Crippen LogP contribution in [0.1, 0.15) is 40.7 Å². The number of amides is 1. The molecule has 3 fully saturated rings. The Bertz CT molecular complexity index is 1220. The molecule has 3 aliphatic carbocycles. The van der Waals surface area contributed by atoms with Crippen molar-refractivity contribution in [1.29, 1.82) is 0 Å². The molecule has 11 heteroatoms. The van der Waals surface area contributed by atoms with Crippen molar-refractivity contribution in [2.75, 3.05) is 27.2 Å². The van der Waals surface area contributed by atoms with Gasteiger partial charge in [0.05, 0.1) is 17.5 Å². The Kier molecular flexibility index (Phi) is 6.75. The number of piperidine rings is 1. The van der Waals surface area contributed by atoms with Crippen molar-refractivity contribution in [2.45, 2.75) is 49.9 Å². The molecule has 4 aliphatic rings. The van der Waals surface area contributed by atoms with Crippen LogP contribution in [0.15, 0.2) is 12.1 Å². The van der Waals surface area contributed by atoms with Crippen LogP contribution in [-0.4, -0.2) is 89.0 Å². The topological polar surface area (TPSA) is 179 Å². The highest BCUT2D eigenvalue weighted by Gasteiger charge is 2.69. The fraction of sp³-hybridized carbons (Fsp3) is 0.593. The molecule has 0 spiro atoms. The fourth-order valence-corrected chi connectivity index (χ4v) is 7.11. The van der Waals surface area contributed by atoms with Crippen LogP contribution < -0.4 is 16.4 Å². The molecule has 6 N–H and O–H groups in total. The van der Waals surface area contributed by atoms with Crippen molar-refractivity contribution in [2.24, 2.45) is 29.4 Å². The van der Waals surface area contributed by atoms with E-state index in [1.165, 1.54) is 11.0 Å². The molecule has 2 unspecified atom stereocenters. The van der Waals surface area contributed by atoms with E-state index in [9.17, 15) is 34.2 Å². The third kappa shape index (κ3) is 3.91. The zero-order chi connectivity index (χ0) is 27.5. The molecule has 6 atom stereocenters. The highest BCUT2D eigenvalue weighted by atomic mass is 16.3. The van der Waals surface area contributed by atoms with Gasteiger partial charge in [-0.25, -0.2) is 0 Å². The lowest BCUT2D eigenvalue weighted by atomic mass is 9.52. The van der Waals surface area contributed by atoms with Gasteiger partial charge >= 0.3 is 0 Å². The average molecular weight is 527 g/mol. The van der Waals surface area contributed by atoms with Gasteiger partial charge in [0.25, 0.3) is 0 Å². The first kappa shape index (κ1) is 26.6. The van der Waals surface area contributed by atoms with Crippen LogP contribution in [0.2, 0.25) is 0 Å². The van der Waals surface area contributed by atoms with Crippen LogP contribution in [0.4, 0.5) is 0 Å². The predicted octanol–water partition coefficient (Wildman–Crippen LogP) is -1.29. The SMILES string of the molecule is CN(C)[C@H]1C(=O)C(C(N)=O)C(=O)[C@]2(O)C(=O)C3C(=O)c4c(O)ccc(CNC5CCNCC5)c4C[C@@H]3C[C@H]12. The van der Waals surface area contributed by atoms with Gasteiger partial charge in [0, 0.05) is 18.5 Å². The van der Waals surface area contributed by atoms with E-state index in [0.29, 0.717) is 18.2 Å². The summed E-state index contributed by atoms with van der Waals surface area (Å²) in [6, 6.07) is 2.40. The van der Waals surface area contributed by atoms with Gasteiger partial charge in [-0.15, -0.1) is 0 Å². The lowest BCUT2D eigenvalue weighted by Crippen LogP contribution is -2.74. The van der Waals surface area contributed by atoms with Crippen molar-refractivity contribution in [1.82, 2.24) is 15.5 Å². The quantitative estimate of drug-likeness (QED) is 0.290. The summed E-state index contributed by atoms with van der Waals surface area (Å²) in [5, 5.41) is 29.1. The molecule has 0 radical (unpaired) electrons. The van der Waals surface area contributed by atoms with Crippen LogP contribution in [-0.2, 0) is 32.1 Å². The third-order valence-corrected chi connectivity index (χ3v) is 8.96. The molecule has 1 aromatic carbocycles. The van der Waals surface area contributed by atoms with E-state index >= 15 is 0 Å². The molecular formula is C27H34N4O7. The van der Waals surface area contributed by atoms with E-state index in [4.69, 9.17) is 5.73 Å². The van der Waals surface area contributed by atoms with Gasteiger partial charge in [-0.05, 0) is 76.0 Å². The van der Waals surface area contributed by atoms with Gasteiger partial charge in [-0.3, -0.25) is 28.9 Å². The van der Waals surface area contributed by atoms with Crippen LogP contribution in [0.25, 0.3) is 0 Å². The van der Waals surface area contributed by atoms with E-state index < -0.39 is 64.4 Å². The standard InChI is InChI=1S/C27H34N4O7/c1-31(2)21-16-10-13-9-15-12(11-30-14-5-7-29-8-6-14)3-4-17(32)19(15)22(33)18(13)24(35)27(16,38)25(36)20(23(21)34)26(28)37/h3-4,13-14,16,18,20-21,29-30,32,38H,5-11H2,1-2H3,(H2,28,37)/t13-,16-,18?,20?,21-,27-/m1/s1. The lowest BCUT2D eigenvalue weighted by Gasteiger charge is -2.52. The maximum atomic E-state index is 13.8. The van der Waals surface area contributed by atoms with Gasteiger partial charge < -0.3 is 26.6 Å². The second kappa shape index (κ2) is 9.64. The summed E-state index contributed by atoms with van der Waals surface area (Å²) in [5.74, 6) is -10.3. The summed E-state index contributed by atoms with van der Waals surface area (Å²) in [6.07, 6.45) is 2.25. The zero-order valence-corrected chi connectivity index (χ0v) is 21.5. The number of nitrogens with one attached hydrogen (secondary N) is 2. The first-order valence-electron chi connectivity index (χ1n) is 13.1. The number of nitrogens with two attached hydrogens (primary N) is 1. The van der Waals surface area contributed by atoms with Gasteiger partial charge in [-0.1, -0.05) is 6.07 Å². The normalized spacial score (nSPS) is 33.6. The Morgan fingerprint density at radius 2 is 1.84 bits per heavy atom. The number of benzene rings is 1. The number of likely N-dealkylation sites (N-methyl/N-ethyl adjacent to an activating group) is 1. The number of nitrogens with zero attached hydrogens (tertiary/aromatic N) is 1. The number of fused-ring (bicyclic) bond motifs is 3. The molecule has 1 saturated heterocycles. The molecular weight excluding hydrogens is 492 g/mol. The second-order valence-corrected chi connectivity index (χ2v) is 11.3. The summed E-state index contributed by atoms with van der Waals surface area (Å²) < 4.78 is 0. The summed E-state index contributed by atoms with van der Waals surface area (Å²) in [6.45, 7) is 2.32. The van der Waals surface area contributed by atoms with Gasteiger partial charge in [-0.2, -0.15) is 0 Å². The summed E-state index contributed by atoms with van der Waals surface area (Å²) in [5.41, 5.74) is 4.15. The van der Waals surface area contributed by atoms with Crippen LogP contribution in [0, 0.1) is 23.7 Å². The van der Waals surface area contributed by atoms with Crippen LogP contribution in [0.3, 0.4) is 0 Å². The molecule has 5 rings (SSSR count). The number of carbonyl (C=O) groups is 5. The number of aliphatic hydroxyl groups is 1. The molecule has 0 bridgehead atoms. The maximum Gasteiger partial charge on any atom is 0.235 e. The molecule has 1 aliphatic heterocycles. The minimum absolute atomic E-state index is 0.0289. The molecule has 1 heterocycles. The number of phenols is 1. The second-order valence-electron chi connectivity index (χ2n) is 11.3. The van der Waals surface area contributed by atoms with Gasteiger partial charge in [0.15, 0.2) is 34.7 Å². The predicted molar refractivity (Wildman–Crippen MR) is 134 cm³/mol. The lowest BCUT2D eigenvalue weighted by molar-refractivity contribution is -0.181. The molecule has 204 valence electrons. The first-order valence-corrected chi connectivity index (χ1v) is 13.1. The van der Waals surface area contributed by atoms with Crippen molar-refractivity contribution in [3.63, 3.8) is 0 Å². The van der Waals surface area contributed by atoms with Gasteiger partial charge in [0.2, 0.25) is 5.91 Å². The van der Waals surface area contributed by atoms with Crippen molar-refractivity contribution in [3.05, 3.63) is 28.8 Å². The number of carbonyl (C=O) groups excluding carboxylic acids is 5. The van der Waals surface area contributed by atoms with Crippen molar-refractivity contribution in [3.8, 4) is 5.75 Å². The van der Waals surface area contributed by atoms with Crippen LogP contribution >= 0.6 is 0 Å². The van der Waals surface area contributed by atoms with Crippen molar-refractivity contribution < 1.29 is 34.2 Å². The number of Topliss-reactive ketones (excluding diaryl/α,β-unsaturated/α-hetero) is 4. The monoisotopic (exact) mass is 526 g/mol. The Labute approximate surface area is 220 Å². The number of ketones is 4. The first-order chi connectivity index (χ1) is 18.0. The average Bonchev–Trinajstić information content (AvgIpc) is 2.86. The number of hydrogen-bond acceptors (Lipinski definition) is 10. The summed E-state index contributed by atoms with van der Waals surface area (Å²) in [7, 11) is 3.13. The fourth-order valence-electron chi connectivity index (χ4n) is 7.11. The molecule has 0 aromatic heterocycles. The minimum atomic E-state index is -2.71. The Morgan fingerprint density at radius 3 is 2.47 bits per heavy atom. The smallest absolute Gasteiger partial charge is 0.235 e. The third-order valence-electron chi connectivity index (χ3n) is 8.96. The molecule has 2 saturated carbocycles. The number of aromatic hydroxyl groups is 1. The molecule has 11 nitrogen and oxygen atoms in total. The summed E-state index contributed by atoms with van der Waals surface area (Å²) in [4.78, 5) is 67.6. The number of rotatable bonds is 5. The van der Waals surface area contributed by atoms with E-state index in [2.05, 4.69) is 10.6 Å². The molecule has 1 aromatic rings. The summed E-state index contributed by atoms with van der Waals surface area (Å²) >= 11 is 0. The molecule has 1 amide bonds. The van der Waals surface area contributed by atoms with E-state index in [1.54, 1.807) is 20.2 Å². The maximum absolute atomic E-state index is 13.8. The van der Waals surface area contributed by atoms with Crippen LogP contribution in [0.5, 0.6) is 5.75 Å². The Hall–Kier alpha value is -2.99. The van der Waals surface area contributed by atoms with E-state index in [-0.39, 0.29) is 24.2 Å². The van der Waals surface area contributed by atoms with Crippen molar-refractivity contribution >= 4 is 29.0 Å².